The maximum atomic E-state index is 13.6. The third-order valence-corrected chi connectivity index (χ3v) is 9.61. The summed E-state index contributed by atoms with van der Waals surface area (Å²) >= 11 is 0. The number of nitrogens with one attached hydrogen (secondary N) is 1. The SMILES string of the molecule is CC(C)c1ccc(NC(=O)CN2C(=O)C3CCCCN3c3ccc(S(=O)(=O)N4CCCCC4)cc32)cc1. The summed E-state index contributed by atoms with van der Waals surface area (Å²) in [4.78, 5) is 30.5. The van der Waals surface area contributed by atoms with E-state index in [1.165, 1.54) is 14.8 Å². The van der Waals surface area contributed by atoms with E-state index in [2.05, 4.69) is 24.1 Å². The van der Waals surface area contributed by atoms with Gasteiger partial charge in [0.15, 0.2) is 0 Å². The molecule has 37 heavy (non-hydrogen) atoms. The fraction of sp³-hybridized carbons (Fsp3) is 0.500. The molecule has 9 heteroatoms. The van der Waals surface area contributed by atoms with Crippen molar-refractivity contribution in [3.05, 3.63) is 48.0 Å². The highest BCUT2D eigenvalue weighted by Gasteiger charge is 2.41. The normalized spacial score (nSPS) is 20.5. The highest BCUT2D eigenvalue weighted by atomic mass is 32.2. The van der Waals surface area contributed by atoms with Crippen molar-refractivity contribution in [3.8, 4) is 0 Å². The Balaban J connectivity index is 1.45. The molecule has 198 valence electrons. The average molecular weight is 525 g/mol. The zero-order chi connectivity index (χ0) is 26.2. The second kappa shape index (κ2) is 10.5. The molecular formula is C28H36N4O4S. The molecule has 8 nitrogen and oxygen atoms in total. The molecule has 2 aromatic rings. The zero-order valence-corrected chi connectivity index (χ0v) is 22.5. The molecule has 2 amide bonds. The number of hydrogen-bond acceptors (Lipinski definition) is 5. The van der Waals surface area contributed by atoms with E-state index in [1.54, 1.807) is 12.1 Å². The van der Waals surface area contributed by atoms with Gasteiger partial charge in [-0.1, -0.05) is 32.4 Å². The number of carbonyl (C=O) groups is 2. The van der Waals surface area contributed by atoms with E-state index in [1.807, 2.05) is 30.3 Å². The number of rotatable bonds is 6. The van der Waals surface area contributed by atoms with Gasteiger partial charge in [-0.15, -0.1) is 0 Å². The van der Waals surface area contributed by atoms with Gasteiger partial charge in [-0.05, 0) is 73.9 Å². The molecule has 3 aliphatic rings. The average Bonchev–Trinajstić information content (AvgIpc) is 2.91. The Morgan fingerprint density at radius 3 is 2.35 bits per heavy atom. The lowest BCUT2D eigenvalue weighted by molar-refractivity contribution is -0.123. The van der Waals surface area contributed by atoms with Gasteiger partial charge in [0.1, 0.15) is 12.6 Å². The third-order valence-electron chi connectivity index (χ3n) is 7.72. The van der Waals surface area contributed by atoms with Crippen molar-refractivity contribution >= 4 is 38.9 Å². The fourth-order valence-electron chi connectivity index (χ4n) is 5.61. The van der Waals surface area contributed by atoms with Gasteiger partial charge in [0.25, 0.3) is 0 Å². The van der Waals surface area contributed by atoms with Crippen molar-refractivity contribution in [2.24, 2.45) is 0 Å². The molecule has 0 radical (unpaired) electrons. The number of benzene rings is 2. The minimum absolute atomic E-state index is 0.148. The Bertz CT molecular complexity index is 1270. The van der Waals surface area contributed by atoms with Crippen LogP contribution in [0, 0.1) is 0 Å². The van der Waals surface area contributed by atoms with Crippen LogP contribution >= 0.6 is 0 Å². The summed E-state index contributed by atoms with van der Waals surface area (Å²) in [6, 6.07) is 12.4. The van der Waals surface area contributed by atoms with Gasteiger partial charge < -0.3 is 10.2 Å². The summed E-state index contributed by atoms with van der Waals surface area (Å²) in [5.74, 6) is -0.0729. The minimum atomic E-state index is -3.68. The van der Waals surface area contributed by atoms with Crippen LogP contribution in [0.4, 0.5) is 17.1 Å². The number of piperidine rings is 2. The van der Waals surface area contributed by atoms with Crippen LogP contribution in [0.1, 0.15) is 63.9 Å². The molecule has 3 aliphatic heterocycles. The van der Waals surface area contributed by atoms with Crippen LogP contribution in [-0.4, -0.2) is 56.8 Å². The monoisotopic (exact) mass is 524 g/mol. The topological polar surface area (TPSA) is 90.0 Å². The lowest BCUT2D eigenvalue weighted by atomic mass is 9.96. The number of amides is 2. The Hall–Kier alpha value is -2.91. The largest absolute Gasteiger partial charge is 0.358 e. The van der Waals surface area contributed by atoms with Crippen LogP contribution < -0.4 is 15.1 Å². The first-order chi connectivity index (χ1) is 17.8. The standard InChI is InChI=1S/C28H36N4O4S/c1-20(2)21-9-11-22(12-10-21)29-27(33)19-32-26-18-23(37(35,36)30-15-5-3-6-16-30)13-14-24(26)31-17-7-4-8-25(31)28(32)34/h9-14,18,20,25H,3-8,15-17,19H2,1-2H3,(H,29,33). The molecule has 2 fully saturated rings. The molecule has 1 N–H and O–H groups in total. The third kappa shape index (κ3) is 5.11. The van der Waals surface area contributed by atoms with Crippen molar-refractivity contribution in [1.29, 1.82) is 0 Å². The zero-order valence-electron chi connectivity index (χ0n) is 21.7. The van der Waals surface area contributed by atoms with Crippen molar-refractivity contribution < 1.29 is 18.0 Å². The fourth-order valence-corrected chi connectivity index (χ4v) is 7.15. The predicted molar refractivity (Wildman–Crippen MR) is 146 cm³/mol. The Morgan fingerprint density at radius 2 is 1.65 bits per heavy atom. The molecule has 0 saturated carbocycles. The maximum absolute atomic E-state index is 13.6. The van der Waals surface area contributed by atoms with E-state index in [0.29, 0.717) is 30.4 Å². The van der Waals surface area contributed by atoms with Crippen LogP contribution in [0.25, 0.3) is 0 Å². The highest BCUT2D eigenvalue weighted by molar-refractivity contribution is 7.89. The molecule has 0 aliphatic carbocycles. The molecule has 2 saturated heterocycles. The van der Waals surface area contributed by atoms with E-state index in [4.69, 9.17) is 0 Å². The van der Waals surface area contributed by atoms with Crippen molar-refractivity contribution in [2.75, 3.05) is 41.3 Å². The summed E-state index contributed by atoms with van der Waals surface area (Å²) in [6.07, 6.45) is 5.38. The molecule has 2 aromatic carbocycles. The molecule has 0 bridgehead atoms. The summed E-state index contributed by atoms with van der Waals surface area (Å²) in [6.45, 7) is 5.81. The van der Waals surface area contributed by atoms with Crippen LogP contribution in [-0.2, 0) is 19.6 Å². The molecule has 1 atom stereocenters. The summed E-state index contributed by atoms with van der Waals surface area (Å²) in [5.41, 5.74) is 3.15. The van der Waals surface area contributed by atoms with Gasteiger partial charge in [0, 0.05) is 25.3 Å². The van der Waals surface area contributed by atoms with Crippen LogP contribution in [0.5, 0.6) is 0 Å². The summed E-state index contributed by atoms with van der Waals surface area (Å²) in [7, 11) is -3.68. The van der Waals surface area contributed by atoms with Crippen molar-refractivity contribution in [2.45, 2.75) is 69.2 Å². The number of hydrogen-bond donors (Lipinski definition) is 1. The van der Waals surface area contributed by atoms with Gasteiger partial charge in [-0.2, -0.15) is 4.31 Å². The van der Waals surface area contributed by atoms with Gasteiger partial charge >= 0.3 is 0 Å². The number of fused-ring (bicyclic) bond motifs is 3. The van der Waals surface area contributed by atoms with Crippen LogP contribution in [0.15, 0.2) is 47.4 Å². The van der Waals surface area contributed by atoms with E-state index in [0.717, 1.165) is 50.8 Å². The summed E-state index contributed by atoms with van der Waals surface area (Å²) < 4.78 is 28.4. The van der Waals surface area contributed by atoms with Gasteiger partial charge in [-0.25, -0.2) is 8.42 Å². The predicted octanol–water partition coefficient (Wildman–Crippen LogP) is 4.33. The first-order valence-corrected chi connectivity index (χ1v) is 14.8. The first-order valence-electron chi connectivity index (χ1n) is 13.4. The number of anilines is 3. The Labute approximate surface area is 219 Å². The molecule has 0 spiro atoms. The van der Waals surface area contributed by atoms with Gasteiger partial charge in [0.2, 0.25) is 21.8 Å². The smallest absolute Gasteiger partial charge is 0.250 e. The maximum Gasteiger partial charge on any atom is 0.250 e. The second-order valence-electron chi connectivity index (χ2n) is 10.6. The van der Waals surface area contributed by atoms with Gasteiger partial charge in [-0.3, -0.25) is 14.5 Å². The summed E-state index contributed by atoms with van der Waals surface area (Å²) in [5, 5.41) is 2.90. The first kappa shape index (κ1) is 25.7. The quantitative estimate of drug-likeness (QED) is 0.608. The molecule has 3 heterocycles. The van der Waals surface area contributed by atoms with E-state index in [9.17, 15) is 18.0 Å². The van der Waals surface area contributed by atoms with Crippen LogP contribution in [0.3, 0.4) is 0 Å². The van der Waals surface area contributed by atoms with Gasteiger partial charge in [0.05, 0.1) is 16.3 Å². The molecule has 1 unspecified atom stereocenters. The van der Waals surface area contributed by atoms with E-state index in [-0.39, 0.29) is 29.3 Å². The number of nitrogens with zero attached hydrogens (tertiary/aromatic N) is 3. The van der Waals surface area contributed by atoms with E-state index >= 15 is 0 Å². The van der Waals surface area contributed by atoms with Crippen molar-refractivity contribution in [1.82, 2.24) is 4.31 Å². The van der Waals surface area contributed by atoms with Crippen molar-refractivity contribution in [3.63, 3.8) is 0 Å². The Kier molecular flexibility index (Phi) is 7.27. The molecule has 0 aromatic heterocycles. The molecule has 5 rings (SSSR count). The molecular weight excluding hydrogens is 488 g/mol. The number of carbonyl (C=O) groups excluding carboxylic acids is 2. The number of sulfonamides is 1. The van der Waals surface area contributed by atoms with E-state index < -0.39 is 10.0 Å². The van der Waals surface area contributed by atoms with Crippen LogP contribution in [0.2, 0.25) is 0 Å². The lowest BCUT2D eigenvalue weighted by Crippen LogP contribution is -2.56. The second-order valence-corrected chi connectivity index (χ2v) is 12.5. The highest BCUT2D eigenvalue weighted by Crippen LogP contribution is 2.41. The Morgan fingerprint density at radius 1 is 0.946 bits per heavy atom. The lowest BCUT2D eigenvalue weighted by Gasteiger charge is -2.45. The minimum Gasteiger partial charge on any atom is -0.358 e.